The molecule has 0 saturated heterocycles. The molecule has 1 atom stereocenters. The lowest BCUT2D eigenvalue weighted by Crippen LogP contribution is -2.47. The molecule has 0 amide bonds. The van der Waals surface area contributed by atoms with E-state index in [2.05, 4.69) is 0 Å². The lowest BCUT2D eigenvalue weighted by Gasteiger charge is -2.30. The molecule has 17 heavy (non-hydrogen) atoms. The fourth-order valence-electron chi connectivity index (χ4n) is 1.72. The van der Waals surface area contributed by atoms with Crippen molar-refractivity contribution >= 4 is 11.7 Å². The Bertz CT molecular complexity index is 401. The van der Waals surface area contributed by atoms with Crippen LogP contribution in [0.1, 0.15) is 19.4 Å². The second-order valence-electron chi connectivity index (χ2n) is 4.38. The number of hydrogen-bond donors (Lipinski definition) is 2. The quantitative estimate of drug-likeness (QED) is 0.817. The number of aliphatic carboxylic acids is 1. The second-order valence-corrected chi connectivity index (χ2v) is 4.38. The van der Waals surface area contributed by atoms with Gasteiger partial charge in [0.05, 0.1) is 6.54 Å². The Labute approximate surface area is 101 Å². The highest BCUT2D eigenvalue weighted by atomic mass is 16.4. The maximum atomic E-state index is 10.9. The molecule has 2 N–H and O–H groups in total. The molecule has 0 saturated carbocycles. The van der Waals surface area contributed by atoms with Crippen LogP contribution in [0.15, 0.2) is 24.3 Å². The number of rotatable bonds is 5. The van der Waals surface area contributed by atoms with Gasteiger partial charge in [-0.1, -0.05) is 18.2 Å². The maximum Gasteiger partial charge on any atom is 0.337 e. The smallest absolute Gasteiger partial charge is 0.337 e. The van der Waals surface area contributed by atoms with Gasteiger partial charge in [0.25, 0.3) is 0 Å². The van der Waals surface area contributed by atoms with E-state index in [1.807, 2.05) is 43.0 Å². The highest BCUT2D eigenvalue weighted by Gasteiger charge is 2.32. The first kappa shape index (κ1) is 13.5. The Hall–Kier alpha value is -1.55. The first-order chi connectivity index (χ1) is 7.88. The minimum atomic E-state index is -1.74. The van der Waals surface area contributed by atoms with Crippen LogP contribution in [0.5, 0.6) is 0 Å². The highest BCUT2D eigenvalue weighted by Crippen LogP contribution is 2.21. The summed E-state index contributed by atoms with van der Waals surface area (Å²) < 4.78 is 0. The van der Waals surface area contributed by atoms with Crippen molar-refractivity contribution in [3.63, 3.8) is 0 Å². The van der Waals surface area contributed by atoms with Gasteiger partial charge in [-0.3, -0.25) is 0 Å². The average molecular weight is 237 g/mol. The number of likely N-dealkylation sites (N-methyl/N-ethyl adjacent to an activating group) is 1. The van der Waals surface area contributed by atoms with Crippen LogP contribution in [0.3, 0.4) is 0 Å². The standard InChI is InChI=1S/C13H19NO3/c1-4-14(9-13(3,17)12(15)16)11-8-6-5-7-10(11)2/h5-8,17H,4,9H2,1-3H3,(H,15,16). The molecule has 0 aliphatic rings. The lowest BCUT2D eigenvalue weighted by atomic mass is 10.1. The predicted octanol–water partition coefficient (Wildman–Crippen LogP) is 1.66. The third kappa shape index (κ3) is 3.20. The van der Waals surface area contributed by atoms with E-state index in [0.717, 1.165) is 11.3 Å². The van der Waals surface area contributed by atoms with Crippen molar-refractivity contribution in [2.45, 2.75) is 26.4 Å². The number of aryl methyl sites for hydroxylation is 1. The third-order valence-corrected chi connectivity index (χ3v) is 2.80. The number of anilines is 1. The Morgan fingerprint density at radius 2 is 2.00 bits per heavy atom. The first-order valence-corrected chi connectivity index (χ1v) is 5.65. The van der Waals surface area contributed by atoms with Crippen LogP contribution in [0, 0.1) is 6.92 Å². The van der Waals surface area contributed by atoms with Gasteiger partial charge in [-0.15, -0.1) is 0 Å². The van der Waals surface area contributed by atoms with Crippen LogP contribution in [0.2, 0.25) is 0 Å². The summed E-state index contributed by atoms with van der Waals surface area (Å²) in [5, 5.41) is 18.7. The molecule has 0 aromatic heterocycles. The molecule has 4 heteroatoms. The Balaban J connectivity index is 2.94. The van der Waals surface area contributed by atoms with Gasteiger partial charge in [0.1, 0.15) is 0 Å². The Kier molecular flexibility index (Phi) is 4.12. The molecule has 0 bridgehead atoms. The highest BCUT2D eigenvalue weighted by molar-refractivity contribution is 5.77. The van der Waals surface area contributed by atoms with Gasteiger partial charge < -0.3 is 15.1 Å². The fraction of sp³-hybridized carbons (Fsp3) is 0.462. The largest absolute Gasteiger partial charge is 0.479 e. The van der Waals surface area contributed by atoms with Crippen LogP contribution in [0.4, 0.5) is 5.69 Å². The molecule has 4 nitrogen and oxygen atoms in total. The molecule has 0 aliphatic heterocycles. The van der Waals surface area contributed by atoms with Crippen molar-refractivity contribution in [2.75, 3.05) is 18.0 Å². The van der Waals surface area contributed by atoms with E-state index in [1.165, 1.54) is 6.92 Å². The minimum Gasteiger partial charge on any atom is -0.479 e. The number of benzene rings is 1. The lowest BCUT2D eigenvalue weighted by molar-refractivity contribution is -0.155. The second kappa shape index (κ2) is 5.19. The maximum absolute atomic E-state index is 10.9. The van der Waals surface area contributed by atoms with E-state index >= 15 is 0 Å². The molecular formula is C13H19NO3. The summed E-state index contributed by atoms with van der Waals surface area (Å²) in [4.78, 5) is 12.8. The summed E-state index contributed by atoms with van der Waals surface area (Å²) in [5.74, 6) is -1.20. The van der Waals surface area contributed by atoms with Gasteiger partial charge >= 0.3 is 5.97 Å². The molecule has 94 valence electrons. The molecular weight excluding hydrogens is 218 g/mol. The molecule has 1 aromatic rings. The zero-order chi connectivity index (χ0) is 13.1. The first-order valence-electron chi connectivity index (χ1n) is 5.65. The van der Waals surface area contributed by atoms with E-state index < -0.39 is 11.6 Å². The zero-order valence-corrected chi connectivity index (χ0v) is 10.5. The van der Waals surface area contributed by atoms with Crippen molar-refractivity contribution in [1.29, 1.82) is 0 Å². The molecule has 1 unspecified atom stereocenters. The van der Waals surface area contributed by atoms with Gasteiger partial charge in [0.2, 0.25) is 0 Å². The summed E-state index contributed by atoms with van der Waals surface area (Å²) in [7, 11) is 0. The van der Waals surface area contributed by atoms with E-state index in [4.69, 9.17) is 5.11 Å². The molecule has 0 radical (unpaired) electrons. The van der Waals surface area contributed by atoms with Crippen molar-refractivity contribution in [3.8, 4) is 0 Å². The number of carboxylic acid groups (broad SMARTS) is 1. The number of hydrogen-bond acceptors (Lipinski definition) is 3. The number of aliphatic hydroxyl groups is 1. The average Bonchev–Trinajstić information content (AvgIpc) is 2.26. The normalized spacial score (nSPS) is 14.1. The molecule has 1 rings (SSSR count). The van der Waals surface area contributed by atoms with E-state index in [9.17, 15) is 9.90 Å². The Morgan fingerprint density at radius 3 is 2.47 bits per heavy atom. The zero-order valence-electron chi connectivity index (χ0n) is 10.5. The van der Waals surface area contributed by atoms with Crippen molar-refractivity contribution in [1.82, 2.24) is 0 Å². The van der Waals surface area contributed by atoms with Crippen LogP contribution in [-0.4, -0.2) is 34.9 Å². The minimum absolute atomic E-state index is 0.0731. The summed E-state index contributed by atoms with van der Waals surface area (Å²) in [6, 6.07) is 7.73. The van der Waals surface area contributed by atoms with Gasteiger partial charge in [-0.2, -0.15) is 0 Å². The summed E-state index contributed by atoms with van der Waals surface area (Å²) >= 11 is 0. The van der Waals surface area contributed by atoms with Crippen LogP contribution in [0.25, 0.3) is 0 Å². The van der Waals surface area contributed by atoms with Gasteiger partial charge in [-0.25, -0.2) is 4.79 Å². The number of carboxylic acids is 1. The molecule has 1 aromatic carbocycles. The summed E-state index contributed by atoms with van der Waals surface area (Å²) in [6.07, 6.45) is 0. The SMILES string of the molecule is CCN(CC(C)(O)C(=O)O)c1ccccc1C. The van der Waals surface area contributed by atoms with Crippen LogP contribution < -0.4 is 4.90 Å². The third-order valence-electron chi connectivity index (χ3n) is 2.80. The van der Waals surface area contributed by atoms with Gasteiger partial charge in [-0.05, 0) is 32.4 Å². The molecule has 0 spiro atoms. The van der Waals surface area contributed by atoms with Gasteiger partial charge in [0.15, 0.2) is 5.60 Å². The van der Waals surface area contributed by atoms with E-state index in [-0.39, 0.29) is 6.54 Å². The van der Waals surface area contributed by atoms with Crippen molar-refractivity contribution in [3.05, 3.63) is 29.8 Å². The number of nitrogens with zero attached hydrogens (tertiary/aromatic N) is 1. The number of carbonyl (C=O) groups is 1. The van der Waals surface area contributed by atoms with E-state index in [0.29, 0.717) is 6.54 Å². The molecule has 0 aliphatic carbocycles. The monoisotopic (exact) mass is 237 g/mol. The summed E-state index contributed by atoms with van der Waals surface area (Å²) in [6.45, 7) is 5.94. The topological polar surface area (TPSA) is 60.8 Å². The van der Waals surface area contributed by atoms with Crippen LogP contribution >= 0.6 is 0 Å². The predicted molar refractivity (Wildman–Crippen MR) is 67.3 cm³/mol. The Morgan fingerprint density at radius 1 is 1.41 bits per heavy atom. The number of para-hydroxylation sites is 1. The van der Waals surface area contributed by atoms with Crippen molar-refractivity contribution < 1.29 is 15.0 Å². The van der Waals surface area contributed by atoms with Crippen LogP contribution in [-0.2, 0) is 4.79 Å². The summed E-state index contributed by atoms with van der Waals surface area (Å²) in [5.41, 5.74) is 0.283. The molecule has 0 fully saturated rings. The fourth-order valence-corrected chi connectivity index (χ4v) is 1.72. The van der Waals surface area contributed by atoms with E-state index in [1.54, 1.807) is 0 Å². The molecule has 0 heterocycles. The van der Waals surface area contributed by atoms with Gasteiger partial charge in [0, 0.05) is 12.2 Å². The van der Waals surface area contributed by atoms with Crippen molar-refractivity contribution in [2.24, 2.45) is 0 Å².